The van der Waals surface area contributed by atoms with Gasteiger partial charge in [-0.1, -0.05) is 70.3 Å². The van der Waals surface area contributed by atoms with Crippen LogP contribution in [0.15, 0.2) is 69.3 Å². The number of nitrogens with one attached hydrogen (secondary N) is 1. The van der Waals surface area contributed by atoms with Gasteiger partial charge in [0, 0.05) is 30.5 Å². The summed E-state index contributed by atoms with van der Waals surface area (Å²) in [6.45, 7) is 0. The molecule has 164 valence electrons. The molecule has 0 aliphatic carbocycles. The van der Waals surface area contributed by atoms with E-state index in [1.54, 1.807) is 48.5 Å². The van der Waals surface area contributed by atoms with Crippen molar-refractivity contribution in [3.8, 4) is 0 Å². The molecule has 4 rings (SSSR count). The molecule has 0 spiro atoms. The third kappa shape index (κ3) is 4.96. The highest BCUT2D eigenvalue weighted by Crippen LogP contribution is 2.41. The van der Waals surface area contributed by atoms with Crippen LogP contribution in [0.4, 0.5) is 5.69 Å². The molecule has 0 saturated heterocycles. The van der Waals surface area contributed by atoms with Gasteiger partial charge in [-0.05, 0) is 54.1 Å². The highest BCUT2D eigenvalue weighted by molar-refractivity contribution is 8.04. The molecule has 0 unspecified atom stereocenters. The van der Waals surface area contributed by atoms with Crippen LogP contribution in [-0.4, -0.2) is 14.3 Å². The van der Waals surface area contributed by atoms with Crippen LogP contribution < -0.4 is 5.32 Å². The van der Waals surface area contributed by atoms with Gasteiger partial charge < -0.3 is 5.32 Å². The van der Waals surface area contributed by atoms with Gasteiger partial charge in [0.25, 0.3) is 5.91 Å². The van der Waals surface area contributed by atoms with Crippen LogP contribution >= 0.6 is 58.2 Å². The number of hydrogen-bond acceptors (Lipinski definition) is 4. The van der Waals surface area contributed by atoms with Crippen LogP contribution in [0.2, 0.25) is 20.1 Å². The van der Waals surface area contributed by atoms with Crippen molar-refractivity contribution >= 4 is 85.7 Å². The van der Waals surface area contributed by atoms with E-state index in [1.165, 1.54) is 23.9 Å². The van der Waals surface area contributed by atoms with Gasteiger partial charge in [-0.3, -0.25) is 4.79 Å². The number of fused-ring (bicyclic) bond motifs is 1. The predicted molar refractivity (Wildman–Crippen MR) is 133 cm³/mol. The quantitative estimate of drug-likeness (QED) is 0.348. The second-order valence-electron chi connectivity index (χ2n) is 6.85. The molecule has 32 heavy (non-hydrogen) atoms. The van der Waals surface area contributed by atoms with Crippen molar-refractivity contribution in [2.75, 3.05) is 5.32 Å². The van der Waals surface area contributed by atoms with E-state index < -0.39 is 9.84 Å². The van der Waals surface area contributed by atoms with Crippen molar-refractivity contribution in [2.45, 2.75) is 15.5 Å². The predicted octanol–water partition coefficient (Wildman–Crippen LogP) is 7.36. The Labute approximate surface area is 209 Å². The maximum atomic E-state index is 13.0. The summed E-state index contributed by atoms with van der Waals surface area (Å²) in [5.74, 6) is -0.719. The van der Waals surface area contributed by atoms with Crippen molar-refractivity contribution in [3.05, 3.63) is 90.7 Å². The molecule has 0 aromatic heterocycles. The summed E-state index contributed by atoms with van der Waals surface area (Å²) in [6.07, 6.45) is 1.66. The van der Waals surface area contributed by atoms with Crippen molar-refractivity contribution in [3.63, 3.8) is 0 Å². The molecule has 0 fully saturated rings. The summed E-state index contributed by atoms with van der Waals surface area (Å²) in [5.41, 5.74) is 1.38. The minimum atomic E-state index is -3.76. The average molecular weight is 545 g/mol. The maximum absolute atomic E-state index is 13.0. The summed E-state index contributed by atoms with van der Waals surface area (Å²) >= 11 is 25.6. The number of anilines is 1. The first-order valence-electron chi connectivity index (χ1n) is 9.10. The van der Waals surface area contributed by atoms with Gasteiger partial charge in [-0.2, -0.15) is 0 Å². The van der Waals surface area contributed by atoms with Crippen molar-refractivity contribution in [1.82, 2.24) is 0 Å². The molecule has 1 amide bonds. The zero-order chi connectivity index (χ0) is 23.0. The topological polar surface area (TPSA) is 63.2 Å². The molecule has 4 nitrogen and oxygen atoms in total. The summed E-state index contributed by atoms with van der Waals surface area (Å²) in [5, 5.41) is 4.21. The van der Waals surface area contributed by atoms with E-state index in [2.05, 4.69) is 5.32 Å². The Balaban J connectivity index is 1.63. The summed E-state index contributed by atoms with van der Waals surface area (Å²) in [7, 11) is -3.76. The van der Waals surface area contributed by atoms with E-state index in [0.29, 0.717) is 36.7 Å². The number of hydrogen-bond donors (Lipinski definition) is 1. The summed E-state index contributed by atoms with van der Waals surface area (Å²) in [6, 6.07) is 14.4. The largest absolute Gasteiger partial charge is 0.320 e. The fourth-order valence-corrected chi connectivity index (χ4v) is 6.54. The molecule has 1 heterocycles. The van der Waals surface area contributed by atoms with Gasteiger partial charge in [0.05, 0.1) is 21.2 Å². The van der Waals surface area contributed by atoms with Gasteiger partial charge >= 0.3 is 0 Å². The van der Waals surface area contributed by atoms with Crippen molar-refractivity contribution < 1.29 is 13.2 Å². The number of carbonyl (C=O) groups is 1. The molecule has 3 aromatic carbocycles. The lowest BCUT2D eigenvalue weighted by Gasteiger charge is -2.20. The molecule has 1 N–H and O–H groups in total. The van der Waals surface area contributed by atoms with E-state index in [4.69, 9.17) is 46.4 Å². The number of sulfone groups is 1. The third-order valence-corrected chi connectivity index (χ3v) is 8.66. The van der Waals surface area contributed by atoms with Gasteiger partial charge in [0.2, 0.25) is 0 Å². The summed E-state index contributed by atoms with van der Waals surface area (Å²) in [4.78, 5) is 13.8. The SMILES string of the molecule is O=C1Nc2cc(S(=O)(=O)Cc3c(Cl)cccc3Cl)ccc2SC1=Cc1ccc(Cl)cc1Cl. The minimum absolute atomic E-state index is 0.0568. The lowest BCUT2D eigenvalue weighted by molar-refractivity contribution is -0.112. The highest BCUT2D eigenvalue weighted by atomic mass is 35.5. The normalized spacial score (nSPS) is 14.9. The molecule has 0 radical (unpaired) electrons. The first-order chi connectivity index (χ1) is 15.1. The van der Waals surface area contributed by atoms with E-state index in [-0.39, 0.29) is 26.6 Å². The molecular weight excluding hydrogens is 532 g/mol. The lowest BCUT2D eigenvalue weighted by atomic mass is 10.2. The zero-order valence-electron chi connectivity index (χ0n) is 16.0. The van der Waals surface area contributed by atoms with Crippen molar-refractivity contribution in [1.29, 1.82) is 0 Å². The molecule has 10 heteroatoms. The Morgan fingerprint density at radius 3 is 2.31 bits per heavy atom. The van der Waals surface area contributed by atoms with E-state index in [1.807, 2.05) is 0 Å². The molecule has 3 aromatic rings. The second-order valence-corrected chi connectivity index (χ2v) is 11.6. The lowest BCUT2D eigenvalue weighted by Crippen LogP contribution is -2.18. The smallest absolute Gasteiger partial charge is 0.262 e. The Hall–Kier alpha value is -1.67. The number of carbonyl (C=O) groups excluding carboxylic acids is 1. The van der Waals surface area contributed by atoms with Crippen LogP contribution in [0.25, 0.3) is 6.08 Å². The Morgan fingerprint density at radius 2 is 1.62 bits per heavy atom. The third-order valence-electron chi connectivity index (χ3n) is 4.65. The zero-order valence-corrected chi connectivity index (χ0v) is 20.7. The number of benzene rings is 3. The number of thioether (sulfide) groups is 1. The number of amides is 1. The van der Waals surface area contributed by atoms with Gasteiger partial charge in [-0.15, -0.1) is 0 Å². The number of rotatable bonds is 4. The van der Waals surface area contributed by atoms with E-state index in [0.717, 1.165) is 0 Å². The van der Waals surface area contributed by atoms with Crippen LogP contribution in [0.3, 0.4) is 0 Å². The van der Waals surface area contributed by atoms with Crippen LogP contribution in [0, 0.1) is 0 Å². The van der Waals surface area contributed by atoms with E-state index >= 15 is 0 Å². The maximum Gasteiger partial charge on any atom is 0.262 e. The molecule has 0 bridgehead atoms. The molecule has 1 aliphatic rings. The number of halogens is 4. The Bertz CT molecular complexity index is 1370. The fraction of sp³-hybridized carbons (Fsp3) is 0.0455. The average Bonchev–Trinajstić information content (AvgIpc) is 2.73. The molecule has 0 atom stereocenters. The molecule has 1 aliphatic heterocycles. The van der Waals surface area contributed by atoms with Gasteiger partial charge in [0.15, 0.2) is 9.84 Å². The molecular formula is C22H13Cl4NO3S2. The second kappa shape index (κ2) is 9.29. The summed E-state index contributed by atoms with van der Waals surface area (Å²) < 4.78 is 25.9. The minimum Gasteiger partial charge on any atom is -0.320 e. The Morgan fingerprint density at radius 1 is 0.906 bits per heavy atom. The van der Waals surface area contributed by atoms with Crippen LogP contribution in [0.1, 0.15) is 11.1 Å². The van der Waals surface area contributed by atoms with E-state index in [9.17, 15) is 13.2 Å². The highest BCUT2D eigenvalue weighted by Gasteiger charge is 2.25. The van der Waals surface area contributed by atoms with Crippen molar-refractivity contribution in [2.24, 2.45) is 0 Å². The Kier molecular flexibility index (Phi) is 6.82. The first kappa shape index (κ1) is 23.5. The van der Waals surface area contributed by atoms with Gasteiger partial charge in [0.1, 0.15) is 0 Å². The van der Waals surface area contributed by atoms with Gasteiger partial charge in [-0.25, -0.2) is 8.42 Å². The fourth-order valence-electron chi connectivity index (χ4n) is 3.04. The van der Waals surface area contributed by atoms with Crippen LogP contribution in [-0.2, 0) is 20.4 Å². The first-order valence-corrected chi connectivity index (χ1v) is 13.1. The standard InChI is InChI=1S/C22H13Cl4NO3S2/c23-13-5-4-12(18(26)9-13)8-21-22(28)27-19-10-14(6-7-20(19)31-21)32(29,30)11-15-16(24)2-1-3-17(15)25/h1-10H,11H2,(H,27,28). The van der Waals surface area contributed by atoms with Crippen LogP contribution in [0.5, 0.6) is 0 Å². The monoisotopic (exact) mass is 543 g/mol. The molecule has 0 saturated carbocycles.